The maximum atomic E-state index is 5.71. The Bertz CT molecular complexity index is 683. The number of halogens is 1. The summed E-state index contributed by atoms with van der Waals surface area (Å²) >= 11 is 4.79. The Kier molecular flexibility index (Phi) is 3.99. The summed E-state index contributed by atoms with van der Waals surface area (Å²) in [7, 11) is 0. The normalized spacial score (nSPS) is 10.2. The van der Waals surface area contributed by atoms with E-state index in [4.69, 9.17) is 9.47 Å². The van der Waals surface area contributed by atoms with E-state index in [9.17, 15) is 0 Å². The molecule has 1 aromatic heterocycles. The van der Waals surface area contributed by atoms with Crippen LogP contribution in [0.1, 0.15) is 0 Å². The number of para-hydroxylation sites is 1. The molecule has 0 aliphatic rings. The summed E-state index contributed by atoms with van der Waals surface area (Å²) < 4.78 is 12.3. The Morgan fingerprint density at radius 3 is 2.00 bits per heavy atom. The largest absolute Gasteiger partial charge is 0.457 e. The van der Waals surface area contributed by atoms with Gasteiger partial charge in [-0.25, -0.2) is 4.98 Å². The second-order valence-corrected chi connectivity index (χ2v) is 6.29. The van der Waals surface area contributed by atoms with Crippen LogP contribution in [0.3, 0.4) is 0 Å². The van der Waals surface area contributed by atoms with Gasteiger partial charge in [-0.15, -0.1) is 0 Å². The third-order valence-electron chi connectivity index (χ3n) is 2.46. The summed E-state index contributed by atoms with van der Waals surface area (Å²) in [5, 5.41) is 0.605. The van der Waals surface area contributed by atoms with Crippen molar-refractivity contribution in [2.24, 2.45) is 0 Å². The third-order valence-corrected chi connectivity index (χ3v) is 3.82. The Balaban J connectivity index is 1.68. The quantitative estimate of drug-likeness (QED) is 0.625. The van der Waals surface area contributed by atoms with Crippen LogP contribution in [-0.2, 0) is 0 Å². The Hall–Kier alpha value is -1.85. The van der Waals surface area contributed by atoms with Crippen LogP contribution in [0.5, 0.6) is 22.4 Å². The fourth-order valence-electron chi connectivity index (χ4n) is 1.59. The topological polar surface area (TPSA) is 31.4 Å². The number of benzene rings is 2. The van der Waals surface area contributed by atoms with Crippen molar-refractivity contribution in [3.8, 4) is 22.4 Å². The molecular formula is C15H10BrNO2S. The molecule has 3 rings (SSSR count). The molecule has 3 aromatic rings. The van der Waals surface area contributed by atoms with Crippen molar-refractivity contribution in [2.45, 2.75) is 0 Å². The van der Waals surface area contributed by atoms with Gasteiger partial charge in [-0.3, -0.25) is 0 Å². The van der Waals surface area contributed by atoms with E-state index in [0.717, 1.165) is 21.0 Å². The van der Waals surface area contributed by atoms with Crippen LogP contribution in [0.25, 0.3) is 0 Å². The fraction of sp³-hybridized carbons (Fsp3) is 0. The van der Waals surface area contributed by atoms with Gasteiger partial charge in [-0.2, -0.15) is 0 Å². The van der Waals surface area contributed by atoms with Gasteiger partial charge in [0.05, 0.1) is 9.98 Å². The van der Waals surface area contributed by atoms with Crippen molar-refractivity contribution < 1.29 is 9.47 Å². The van der Waals surface area contributed by atoms with Gasteiger partial charge in [0.15, 0.2) is 0 Å². The summed E-state index contributed by atoms with van der Waals surface area (Å²) in [5.74, 6) is 2.31. The Labute approximate surface area is 129 Å². The fourth-order valence-corrected chi connectivity index (χ4v) is 2.62. The minimum atomic E-state index is 0.605. The van der Waals surface area contributed by atoms with Crippen LogP contribution in [-0.4, -0.2) is 4.98 Å². The maximum absolute atomic E-state index is 5.71. The highest BCUT2D eigenvalue weighted by atomic mass is 79.9. The summed E-state index contributed by atoms with van der Waals surface area (Å²) in [6.45, 7) is 0. The molecular weight excluding hydrogens is 338 g/mol. The standard InChI is InChI=1S/C15H10BrNO2S/c16-14-10-17-15(20-14)19-13-8-6-12(7-9-13)18-11-4-2-1-3-5-11/h1-10H. The number of hydrogen-bond donors (Lipinski definition) is 0. The lowest BCUT2D eigenvalue weighted by Crippen LogP contribution is -1.85. The van der Waals surface area contributed by atoms with Crippen LogP contribution < -0.4 is 9.47 Å². The number of thiazole rings is 1. The van der Waals surface area contributed by atoms with Crippen LogP contribution in [0, 0.1) is 0 Å². The smallest absolute Gasteiger partial charge is 0.279 e. The zero-order valence-electron chi connectivity index (χ0n) is 10.3. The zero-order valence-corrected chi connectivity index (χ0v) is 12.7. The molecule has 0 aliphatic carbocycles. The molecule has 0 N–H and O–H groups in total. The van der Waals surface area contributed by atoms with Crippen molar-refractivity contribution in [3.63, 3.8) is 0 Å². The van der Waals surface area contributed by atoms with E-state index in [1.54, 1.807) is 6.20 Å². The number of rotatable bonds is 4. The van der Waals surface area contributed by atoms with Crippen molar-refractivity contribution in [1.29, 1.82) is 0 Å². The number of ether oxygens (including phenoxy) is 2. The zero-order chi connectivity index (χ0) is 13.8. The van der Waals surface area contributed by atoms with E-state index < -0.39 is 0 Å². The van der Waals surface area contributed by atoms with Gasteiger partial charge >= 0.3 is 0 Å². The molecule has 0 amide bonds. The maximum Gasteiger partial charge on any atom is 0.279 e. The minimum absolute atomic E-state index is 0.605. The van der Waals surface area contributed by atoms with Gasteiger partial charge in [0.2, 0.25) is 0 Å². The lowest BCUT2D eigenvalue weighted by atomic mass is 10.3. The van der Waals surface area contributed by atoms with Crippen molar-refractivity contribution in [2.75, 3.05) is 0 Å². The Morgan fingerprint density at radius 1 is 0.800 bits per heavy atom. The lowest BCUT2D eigenvalue weighted by molar-refractivity contribution is 0.467. The summed E-state index contributed by atoms with van der Waals surface area (Å²) in [5.41, 5.74) is 0. The first-order valence-corrected chi connectivity index (χ1v) is 7.53. The summed E-state index contributed by atoms with van der Waals surface area (Å²) in [6, 6.07) is 17.1. The van der Waals surface area contributed by atoms with E-state index in [1.165, 1.54) is 11.3 Å². The molecule has 0 fully saturated rings. The third kappa shape index (κ3) is 3.37. The highest BCUT2D eigenvalue weighted by Gasteiger charge is 2.03. The van der Waals surface area contributed by atoms with Crippen LogP contribution in [0.2, 0.25) is 0 Å². The monoisotopic (exact) mass is 347 g/mol. The predicted molar refractivity (Wildman–Crippen MR) is 82.8 cm³/mol. The molecule has 100 valence electrons. The first-order valence-electron chi connectivity index (χ1n) is 5.92. The molecule has 2 aromatic carbocycles. The number of hydrogen-bond acceptors (Lipinski definition) is 4. The molecule has 0 radical (unpaired) electrons. The lowest BCUT2D eigenvalue weighted by Gasteiger charge is -2.06. The molecule has 0 spiro atoms. The first kappa shape index (κ1) is 13.1. The molecule has 0 bridgehead atoms. The van der Waals surface area contributed by atoms with Crippen molar-refractivity contribution in [1.82, 2.24) is 4.98 Å². The predicted octanol–water partition coefficient (Wildman–Crippen LogP) is 5.49. The number of nitrogens with zero attached hydrogens (tertiary/aromatic N) is 1. The molecule has 0 unspecified atom stereocenters. The molecule has 20 heavy (non-hydrogen) atoms. The van der Waals surface area contributed by atoms with E-state index in [0.29, 0.717) is 5.19 Å². The van der Waals surface area contributed by atoms with E-state index in [2.05, 4.69) is 20.9 Å². The van der Waals surface area contributed by atoms with Crippen LogP contribution >= 0.6 is 27.3 Å². The highest BCUT2D eigenvalue weighted by Crippen LogP contribution is 2.31. The van der Waals surface area contributed by atoms with Gasteiger partial charge in [-0.1, -0.05) is 29.5 Å². The average Bonchev–Trinajstić information content (AvgIpc) is 2.88. The van der Waals surface area contributed by atoms with Gasteiger partial charge in [0.25, 0.3) is 5.19 Å². The summed E-state index contributed by atoms with van der Waals surface area (Å²) in [6.07, 6.45) is 1.72. The second kappa shape index (κ2) is 6.07. The molecule has 0 atom stereocenters. The summed E-state index contributed by atoms with van der Waals surface area (Å²) in [4.78, 5) is 4.12. The molecule has 1 heterocycles. The molecule has 5 heteroatoms. The van der Waals surface area contributed by atoms with Gasteiger partial charge in [0, 0.05) is 0 Å². The van der Waals surface area contributed by atoms with Crippen molar-refractivity contribution in [3.05, 3.63) is 64.6 Å². The second-order valence-electron chi connectivity index (χ2n) is 3.92. The molecule has 0 saturated heterocycles. The SMILES string of the molecule is Brc1cnc(Oc2ccc(Oc3ccccc3)cc2)s1. The molecule has 0 saturated carbocycles. The minimum Gasteiger partial charge on any atom is -0.457 e. The number of aromatic nitrogens is 1. The average molecular weight is 348 g/mol. The van der Waals surface area contributed by atoms with E-state index >= 15 is 0 Å². The van der Waals surface area contributed by atoms with Crippen molar-refractivity contribution >= 4 is 27.3 Å². The molecule has 3 nitrogen and oxygen atoms in total. The highest BCUT2D eigenvalue weighted by molar-refractivity contribution is 9.11. The van der Waals surface area contributed by atoms with Gasteiger partial charge in [-0.05, 0) is 52.3 Å². The van der Waals surface area contributed by atoms with Gasteiger partial charge < -0.3 is 9.47 Å². The van der Waals surface area contributed by atoms with Gasteiger partial charge in [0.1, 0.15) is 17.2 Å². The van der Waals surface area contributed by atoms with E-state index in [1.807, 2.05) is 54.6 Å². The first-order chi connectivity index (χ1) is 9.79. The van der Waals surface area contributed by atoms with Crippen LogP contribution in [0.4, 0.5) is 0 Å². The van der Waals surface area contributed by atoms with Crippen LogP contribution in [0.15, 0.2) is 64.6 Å². The molecule has 0 aliphatic heterocycles. The van der Waals surface area contributed by atoms with E-state index in [-0.39, 0.29) is 0 Å². The Morgan fingerprint density at radius 2 is 1.40 bits per heavy atom.